The Kier molecular flexibility index (Phi) is 9.40. The van der Waals surface area contributed by atoms with Crippen molar-refractivity contribution in [3.63, 3.8) is 0 Å². The number of nitrogens with zero attached hydrogens (tertiary/aromatic N) is 1. The predicted octanol–water partition coefficient (Wildman–Crippen LogP) is 2.46. The molecule has 0 bridgehead atoms. The fourth-order valence-corrected chi connectivity index (χ4v) is 3.00. The van der Waals surface area contributed by atoms with Gasteiger partial charge in [0.2, 0.25) is 5.91 Å². The molecule has 0 aromatic heterocycles. The van der Waals surface area contributed by atoms with Gasteiger partial charge in [-0.1, -0.05) is 37.5 Å². The molecule has 0 spiro atoms. The zero-order valence-corrected chi connectivity index (χ0v) is 15.8. The normalized spacial score (nSPS) is 15.3. The number of nitrogens with one attached hydrogen (secondary N) is 3. The minimum Gasteiger partial charge on any atom is -0.494 e. The lowest BCUT2D eigenvalue weighted by molar-refractivity contribution is -0.120. The summed E-state index contributed by atoms with van der Waals surface area (Å²) >= 11 is 0. The summed E-state index contributed by atoms with van der Waals surface area (Å²) in [6.45, 7) is 4.31. The van der Waals surface area contributed by atoms with Crippen LogP contribution >= 0.6 is 0 Å². The number of benzene rings is 1. The van der Waals surface area contributed by atoms with Gasteiger partial charge in [-0.3, -0.25) is 4.79 Å². The number of para-hydroxylation sites is 1. The topological polar surface area (TPSA) is 74.8 Å². The molecule has 0 aliphatic heterocycles. The number of carbonyl (C=O) groups excluding carboxylic acids is 1. The van der Waals surface area contributed by atoms with Crippen LogP contribution in [0.25, 0.3) is 0 Å². The number of carbonyl (C=O) groups is 1. The monoisotopic (exact) mass is 360 g/mol. The van der Waals surface area contributed by atoms with Crippen LogP contribution in [0, 0.1) is 0 Å². The standard InChI is InChI=1S/C20H32N4O2/c1-2-21-20(22-14-9-15-26-18-12-7-4-8-13-18)23-16-19(25)24-17-10-5-3-6-11-17/h4,7-8,12-13,17H,2-3,5-6,9-11,14-16H2,1H3,(H,24,25)(H2,21,22,23). The highest BCUT2D eigenvalue weighted by atomic mass is 16.5. The summed E-state index contributed by atoms with van der Waals surface area (Å²) < 4.78 is 5.67. The molecule has 0 radical (unpaired) electrons. The van der Waals surface area contributed by atoms with Gasteiger partial charge in [-0.15, -0.1) is 0 Å². The van der Waals surface area contributed by atoms with Crippen LogP contribution in [0.15, 0.2) is 35.3 Å². The Morgan fingerprint density at radius 3 is 2.65 bits per heavy atom. The molecule has 6 nitrogen and oxygen atoms in total. The van der Waals surface area contributed by atoms with E-state index in [0.29, 0.717) is 18.6 Å². The third-order valence-electron chi connectivity index (χ3n) is 4.32. The Morgan fingerprint density at radius 2 is 1.92 bits per heavy atom. The van der Waals surface area contributed by atoms with Crippen molar-refractivity contribution in [3.8, 4) is 5.75 Å². The number of rotatable bonds is 9. The van der Waals surface area contributed by atoms with Crippen molar-refractivity contribution in [3.05, 3.63) is 30.3 Å². The maximum absolute atomic E-state index is 12.1. The number of hydrogen-bond acceptors (Lipinski definition) is 3. The summed E-state index contributed by atoms with van der Waals surface area (Å²) in [5.74, 6) is 1.56. The van der Waals surface area contributed by atoms with Crippen molar-refractivity contribution in [2.45, 2.75) is 51.5 Å². The van der Waals surface area contributed by atoms with Gasteiger partial charge in [0.05, 0.1) is 6.61 Å². The first-order valence-corrected chi connectivity index (χ1v) is 9.77. The SMILES string of the molecule is CCNC(=NCC(=O)NC1CCCCC1)NCCCOc1ccccc1. The van der Waals surface area contributed by atoms with E-state index in [2.05, 4.69) is 20.9 Å². The van der Waals surface area contributed by atoms with Crippen molar-refractivity contribution in [2.75, 3.05) is 26.2 Å². The molecule has 0 unspecified atom stereocenters. The zero-order chi connectivity index (χ0) is 18.5. The molecule has 0 heterocycles. The first-order valence-electron chi connectivity index (χ1n) is 9.77. The molecule has 3 N–H and O–H groups in total. The van der Waals surface area contributed by atoms with Crippen LogP contribution in [0.3, 0.4) is 0 Å². The van der Waals surface area contributed by atoms with E-state index in [9.17, 15) is 4.79 Å². The summed E-state index contributed by atoms with van der Waals surface area (Å²) in [6, 6.07) is 10.1. The molecule has 1 saturated carbocycles. The van der Waals surface area contributed by atoms with E-state index >= 15 is 0 Å². The van der Waals surface area contributed by atoms with Gasteiger partial charge in [-0.25, -0.2) is 4.99 Å². The van der Waals surface area contributed by atoms with Gasteiger partial charge in [0.25, 0.3) is 0 Å². The van der Waals surface area contributed by atoms with E-state index in [-0.39, 0.29) is 12.5 Å². The molecule has 1 fully saturated rings. The highest BCUT2D eigenvalue weighted by Crippen LogP contribution is 2.17. The van der Waals surface area contributed by atoms with Crippen molar-refractivity contribution in [2.24, 2.45) is 4.99 Å². The molecule has 1 amide bonds. The van der Waals surface area contributed by atoms with Crippen molar-refractivity contribution in [1.82, 2.24) is 16.0 Å². The average Bonchev–Trinajstić information content (AvgIpc) is 2.67. The molecule has 1 aliphatic carbocycles. The average molecular weight is 361 g/mol. The highest BCUT2D eigenvalue weighted by Gasteiger charge is 2.15. The second-order valence-electron chi connectivity index (χ2n) is 6.54. The van der Waals surface area contributed by atoms with E-state index in [4.69, 9.17) is 4.74 Å². The summed E-state index contributed by atoms with van der Waals surface area (Å²) in [4.78, 5) is 16.4. The third kappa shape index (κ3) is 8.23. The molecule has 1 aromatic rings. The molecule has 26 heavy (non-hydrogen) atoms. The van der Waals surface area contributed by atoms with Crippen LogP contribution in [0.5, 0.6) is 5.75 Å². The van der Waals surface area contributed by atoms with Crippen LogP contribution in [-0.4, -0.2) is 44.1 Å². The second-order valence-corrected chi connectivity index (χ2v) is 6.54. The van der Waals surface area contributed by atoms with Crippen molar-refractivity contribution in [1.29, 1.82) is 0 Å². The Bertz CT molecular complexity index is 542. The smallest absolute Gasteiger partial charge is 0.242 e. The van der Waals surface area contributed by atoms with Gasteiger partial charge >= 0.3 is 0 Å². The van der Waals surface area contributed by atoms with Gasteiger partial charge in [-0.2, -0.15) is 0 Å². The first kappa shape index (κ1) is 20.1. The predicted molar refractivity (Wildman–Crippen MR) is 106 cm³/mol. The molecule has 144 valence electrons. The van der Waals surface area contributed by atoms with Gasteiger partial charge < -0.3 is 20.7 Å². The van der Waals surface area contributed by atoms with Crippen LogP contribution in [0.2, 0.25) is 0 Å². The van der Waals surface area contributed by atoms with Crippen molar-refractivity contribution < 1.29 is 9.53 Å². The van der Waals surface area contributed by atoms with Gasteiger partial charge in [0.15, 0.2) is 5.96 Å². The second kappa shape index (κ2) is 12.2. The van der Waals surface area contributed by atoms with E-state index in [1.807, 2.05) is 37.3 Å². The van der Waals surface area contributed by atoms with Gasteiger partial charge in [0.1, 0.15) is 12.3 Å². The first-order chi connectivity index (χ1) is 12.8. The highest BCUT2D eigenvalue weighted by molar-refractivity contribution is 5.85. The number of ether oxygens (including phenoxy) is 1. The maximum atomic E-state index is 12.1. The van der Waals surface area contributed by atoms with Crippen LogP contribution in [0.4, 0.5) is 0 Å². The number of guanidine groups is 1. The molecule has 1 aromatic carbocycles. The minimum absolute atomic E-state index is 0.00140. The molecule has 2 rings (SSSR count). The Hall–Kier alpha value is -2.24. The van der Waals surface area contributed by atoms with Crippen LogP contribution < -0.4 is 20.7 Å². The fraction of sp³-hybridized carbons (Fsp3) is 0.600. The lowest BCUT2D eigenvalue weighted by Crippen LogP contribution is -2.41. The summed E-state index contributed by atoms with van der Waals surface area (Å²) in [5, 5.41) is 9.50. The Morgan fingerprint density at radius 1 is 1.15 bits per heavy atom. The molecule has 0 atom stereocenters. The zero-order valence-electron chi connectivity index (χ0n) is 15.8. The van der Waals surface area contributed by atoms with E-state index in [1.54, 1.807) is 0 Å². The quantitative estimate of drug-likeness (QED) is 0.359. The van der Waals surface area contributed by atoms with Crippen LogP contribution in [-0.2, 0) is 4.79 Å². The molecule has 6 heteroatoms. The van der Waals surface area contributed by atoms with Crippen LogP contribution in [0.1, 0.15) is 45.4 Å². The summed E-state index contributed by atoms with van der Waals surface area (Å²) in [5.41, 5.74) is 0. The number of amides is 1. The fourth-order valence-electron chi connectivity index (χ4n) is 3.00. The Balaban J connectivity index is 1.64. The summed E-state index contributed by atoms with van der Waals surface area (Å²) in [6.07, 6.45) is 6.75. The van der Waals surface area contributed by atoms with E-state index in [0.717, 1.165) is 38.1 Å². The maximum Gasteiger partial charge on any atom is 0.242 e. The van der Waals surface area contributed by atoms with Gasteiger partial charge in [0, 0.05) is 19.1 Å². The van der Waals surface area contributed by atoms with Gasteiger partial charge in [-0.05, 0) is 38.3 Å². The van der Waals surface area contributed by atoms with E-state index < -0.39 is 0 Å². The molecule has 1 aliphatic rings. The van der Waals surface area contributed by atoms with Crippen molar-refractivity contribution >= 4 is 11.9 Å². The molecular formula is C20H32N4O2. The lowest BCUT2D eigenvalue weighted by atomic mass is 9.95. The largest absolute Gasteiger partial charge is 0.494 e. The molecule has 0 saturated heterocycles. The summed E-state index contributed by atoms with van der Waals surface area (Å²) in [7, 11) is 0. The number of hydrogen-bond donors (Lipinski definition) is 3. The molecular weight excluding hydrogens is 328 g/mol. The minimum atomic E-state index is 0.00140. The lowest BCUT2D eigenvalue weighted by Gasteiger charge is -2.22. The Labute approximate surface area is 156 Å². The number of aliphatic imine (C=N–C) groups is 1. The van der Waals surface area contributed by atoms with E-state index in [1.165, 1.54) is 19.3 Å². The third-order valence-corrected chi connectivity index (χ3v) is 4.32.